The number of aliphatic imine (C=N–C) groups is 1. The first-order valence-corrected chi connectivity index (χ1v) is 11.6. The molecule has 0 aromatic carbocycles. The lowest BCUT2D eigenvalue weighted by Crippen LogP contribution is -2.43. The number of nitrogens with one attached hydrogen (secondary N) is 1. The van der Waals surface area contributed by atoms with Gasteiger partial charge in [-0.25, -0.2) is 9.97 Å². The van der Waals surface area contributed by atoms with Crippen LogP contribution in [0.2, 0.25) is 0 Å². The molecular formula is C23H28BrN7O. The van der Waals surface area contributed by atoms with Gasteiger partial charge < -0.3 is 19.9 Å². The van der Waals surface area contributed by atoms with Gasteiger partial charge in [-0.15, -0.1) is 0 Å². The van der Waals surface area contributed by atoms with E-state index in [0.29, 0.717) is 17.9 Å². The average Bonchev–Trinajstić information content (AvgIpc) is 3.04. The molecule has 2 aromatic rings. The molecule has 2 aliphatic rings. The monoisotopic (exact) mass is 497 g/mol. The molecule has 9 heteroatoms. The second-order valence-corrected chi connectivity index (χ2v) is 8.68. The molecule has 2 aliphatic heterocycles. The van der Waals surface area contributed by atoms with Gasteiger partial charge in [-0.3, -0.25) is 4.99 Å². The molecule has 0 aliphatic carbocycles. The molecule has 0 amide bonds. The lowest BCUT2D eigenvalue weighted by Gasteiger charge is -2.39. The number of hydrogen-bond acceptors (Lipinski definition) is 8. The van der Waals surface area contributed by atoms with E-state index in [-0.39, 0.29) is 0 Å². The fraction of sp³-hybridized carbons (Fsp3) is 0.391. The van der Waals surface area contributed by atoms with E-state index in [0.717, 1.165) is 48.3 Å². The fourth-order valence-electron chi connectivity index (χ4n) is 4.09. The summed E-state index contributed by atoms with van der Waals surface area (Å²) in [5.74, 6) is 2.03. The highest BCUT2D eigenvalue weighted by molar-refractivity contribution is 9.10. The summed E-state index contributed by atoms with van der Waals surface area (Å²) < 4.78 is 6.44. The summed E-state index contributed by atoms with van der Waals surface area (Å²) in [4.78, 5) is 22.5. The van der Waals surface area contributed by atoms with E-state index in [4.69, 9.17) is 9.72 Å². The van der Waals surface area contributed by atoms with Crippen molar-refractivity contribution in [3.8, 4) is 5.88 Å². The van der Waals surface area contributed by atoms with Gasteiger partial charge >= 0.3 is 0 Å². The summed E-state index contributed by atoms with van der Waals surface area (Å²) in [5, 5.41) is 3.23. The molecule has 1 saturated heterocycles. The highest BCUT2D eigenvalue weighted by Gasteiger charge is 2.26. The average molecular weight is 498 g/mol. The lowest BCUT2D eigenvalue weighted by molar-refractivity contribution is 0.284. The van der Waals surface area contributed by atoms with Crippen LogP contribution in [0.3, 0.4) is 0 Å². The van der Waals surface area contributed by atoms with Crippen LogP contribution >= 0.6 is 15.9 Å². The molecule has 8 nitrogen and oxygen atoms in total. The van der Waals surface area contributed by atoms with Gasteiger partial charge in [0.2, 0.25) is 11.8 Å². The van der Waals surface area contributed by atoms with E-state index in [1.165, 1.54) is 11.3 Å². The van der Waals surface area contributed by atoms with Crippen LogP contribution in [0.4, 0.5) is 17.5 Å². The molecule has 0 spiro atoms. The molecule has 32 heavy (non-hydrogen) atoms. The Hall–Kier alpha value is -2.94. The van der Waals surface area contributed by atoms with Gasteiger partial charge in [-0.05, 0) is 59.8 Å². The summed E-state index contributed by atoms with van der Waals surface area (Å²) in [6, 6.07) is 2.56. The molecule has 0 unspecified atom stereocenters. The van der Waals surface area contributed by atoms with Crippen molar-refractivity contribution in [1.29, 1.82) is 0 Å². The Morgan fingerprint density at radius 1 is 1.22 bits per heavy atom. The number of methoxy groups -OCH3 is 1. The Bertz CT molecular complexity index is 1030. The Morgan fingerprint density at radius 3 is 2.66 bits per heavy atom. The number of halogens is 1. The second kappa shape index (κ2) is 10.1. The third-order valence-electron chi connectivity index (χ3n) is 5.73. The molecular weight excluding hydrogens is 470 g/mol. The molecule has 0 bridgehead atoms. The lowest BCUT2D eigenvalue weighted by atomic mass is 10.0. The molecule has 168 valence electrons. The number of aromatic nitrogens is 3. The first-order valence-electron chi connectivity index (χ1n) is 10.8. The zero-order chi connectivity index (χ0) is 22.5. The maximum absolute atomic E-state index is 5.61. The highest BCUT2D eigenvalue weighted by Crippen LogP contribution is 2.33. The summed E-state index contributed by atoms with van der Waals surface area (Å²) in [7, 11) is 1.64. The van der Waals surface area contributed by atoms with Crippen molar-refractivity contribution in [3.05, 3.63) is 52.7 Å². The Morgan fingerprint density at radius 2 is 1.97 bits per heavy atom. The molecule has 0 saturated carbocycles. The number of anilines is 3. The molecule has 2 aromatic heterocycles. The van der Waals surface area contributed by atoms with E-state index in [2.05, 4.69) is 72.1 Å². The van der Waals surface area contributed by atoms with Gasteiger partial charge in [0.05, 0.1) is 11.6 Å². The number of hydrogen-bond donors (Lipinski definition) is 1. The third kappa shape index (κ3) is 4.93. The van der Waals surface area contributed by atoms with Gasteiger partial charge in [0.25, 0.3) is 0 Å². The molecule has 4 rings (SSSR count). The van der Waals surface area contributed by atoms with Crippen molar-refractivity contribution in [2.75, 3.05) is 30.4 Å². The zero-order valence-electron chi connectivity index (χ0n) is 18.6. The largest absolute Gasteiger partial charge is 0.479 e. The smallest absolute Gasteiger partial charge is 0.239 e. The van der Waals surface area contributed by atoms with Crippen molar-refractivity contribution >= 4 is 39.6 Å². The topological polar surface area (TPSA) is 78.8 Å². The molecule has 1 N–H and O–H groups in total. The van der Waals surface area contributed by atoms with Crippen LogP contribution in [-0.4, -0.2) is 52.3 Å². The number of piperidine rings is 1. The van der Waals surface area contributed by atoms with E-state index in [1.807, 2.05) is 18.5 Å². The second-order valence-electron chi connectivity index (χ2n) is 7.77. The van der Waals surface area contributed by atoms with Crippen LogP contribution in [0, 0.1) is 0 Å². The van der Waals surface area contributed by atoms with Crippen molar-refractivity contribution < 1.29 is 4.74 Å². The molecule has 4 heterocycles. The minimum atomic E-state index is 0.461. The maximum Gasteiger partial charge on any atom is 0.239 e. The molecule has 0 radical (unpaired) electrons. The number of aryl methyl sites for hydroxylation is 1. The number of allylic oxidation sites excluding steroid dienone is 2. The van der Waals surface area contributed by atoms with Gasteiger partial charge in [-0.2, -0.15) is 4.98 Å². The minimum Gasteiger partial charge on any atom is -0.479 e. The fourth-order valence-corrected chi connectivity index (χ4v) is 4.29. The number of pyridine rings is 1. The van der Waals surface area contributed by atoms with E-state index in [9.17, 15) is 0 Å². The van der Waals surface area contributed by atoms with Crippen LogP contribution in [0.1, 0.15) is 32.3 Å². The normalized spacial score (nSPS) is 16.7. The number of rotatable bonds is 6. The van der Waals surface area contributed by atoms with Crippen LogP contribution in [0.25, 0.3) is 0 Å². The van der Waals surface area contributed by atoms with Crippen molar-refractivity contribution in [3.63, 3.8) is 0 Å². The van der Waals surface area contributed by atoms with Crippen LogP contribution in [0.15, 0.2) is 52.1 Å². The standard InChI is InChI=1S/C23H28BrN7O/c1-4-17-12-20(28-23-26-14-18(24)15-27-23)22(32-3)29-21(17)30-10-6-19(7-11-30)31-9-5-8-25-13-16(31)2/h5,8-9,12-15,19H,4,6-7,10-11H2,1-3H3,(H,26,27,28). The first kappa shape index (κ1) is 22.3. The van der Waals surface area contributed by atoms with Gasteiger partial charge in [-0.1, -0.05) is 6.92 Å². The van der Waals surface area contributed by atoms with Crippen LogP contribution < -0.4 is 15.0 Å². The predicted molar refractivity (Wildman–Crippen MR) is 132 cm³/mol. The maximum atomic E-state index is 5.61. The van der Waals surface area contributed by atoms with E-state index in [1.54, 1.807) is 19.5 Å². The van der Waals surface area contributed by atoms with E-state index < -0.39 is 0 Å². The third-order valence-corrected chi connectivity index (χ3v) is 6.14. The van der Waals surface area contributed by atoms with Crippen molar-refractivity contribution in [2.45, 2.75) is 39.2 Å². The van der Waals surface area contributed by atoms with Crippen LogP contribution in [-0.2, 0) is 6.42 Å². The summed E-state index contributed by atoms with van der Waals surface area (Å²) in [6.07, 6.45) is 14.3. The van der Waals surface area contributed by atoms with Gasteiger partial charge in [0.1, 0.15) is 11.5 Å². The SMILES string of the molecule is CCc1cc(Nc2ncc(Br)cn2)c(OC)nc1N1CCC(N2C=CC=NC=C2C)CC1. The first-order chi connectivity index (χ1) is 15.6. The van der Waals surface area contributed by atoms with Crippen molar-refractivity contribution in [2.24, 2.45) is 4.99 Å². The summed E-state index contributed by atoms with van der Waals surface area (Å²) in [6.45, 7) is 6.14. The van der Waals surface area contributed by atoms with Gasteiger partial charge in [0, 0.05) is 55.8 Å². The Labute approximate surface area is 197 Å². The zero-order valence-corrected chi connectivity index (χ0v) is 20.2. The number of ether oxygens (including phenoxy) is 1. The summed E-state index contributed by atoms with van der Waals surface area (Å²) in [5.41, 5.74) is 3.11. The van der Waals surface area contributed by atoms with Gasteiger partial charge in [0.15, 0.2) is 0 Å². The van der Waals surface area contributed by atoms with Crippen molar-refractivity contribution in [1.82, 2.24) is 19.9 Å². The minimum absolute atomic E-state index is 0.461. The number of nitrogens with zero attached hydrogens (tertiary/aromatic N) is 6. The Kier molecular flexibility index (Phi) is 7.04. The molecule has 0 atom stereocenters. The van der Waals surface area contributed by atoms with Crippen LogP contribution in [0.5, 0.6) is 5.88 Å². The predicted octanol–water partition coefficient (Wildman–Crippen LogP) is 4.68. The highest BCUT2D eigenvalue weighted by atomic mass is 79.9. The summed E-state index contributed by atoms with van der Waals surface area (Å²) >= 11 is 3.36. The van der Waals surface area contributed by atoms with E-state index >= 15 is 0 Å². The quantitative estimate of drug-likeness (QED) is 0.620. The Balaban J connectivity index is 1.52. The molecule has 1 fully saturated rings.